The van der Waals surface area contributed by atoms with Crippen molar-refractivity contribution in [1.29, 1.82) is 0 Å². The number of ether oxygens (including phenoxy) is 1. The maximum absolute atomic E-state index is 12.5. The minimum Gasteiger partial charge on any atom is -0.496 e. The molecule has 0 saturated heterocycles. The quantitative estimate of drug-likeness (QED) is 0.618. The second kappa shape index (κ2) is 9.19. The molecule has 3 aromatic rings. The van der Waals surface area contributed by atoms with E-state index in [2.05, 4.69) is 27.8 Å². The Hall–Kier alpha value is -2.86. The van der Waals surface area contributed by atoms with E-state index in [1.165, 1.54) is 16.9 Å². The number of methoxy groups -OCH3 is 1. The van der Waals surface area contributed by atoms with Crippen LogP contribution in [0, 0.1) is 6.92 Å². The highest BCUT2D eigenvalue weighted by Crippen LogP contribution is 2.23. The summed E-state index contributed by atoms with van der Waals surface area (Å²) < 4.78 is 5.32. The van der Waals surface area contributed by atoms with Crippen LogP contribution in [0.15, 0.2) is 54.6 Å². The van der Waals surface area contributed by atoms with Crippen LogP contribution in [0.2, 0.25) is 0 Å². The topological polar surface area (TPSA) is 63.2 Å². The molecule has 3 rings (SSSR count). The van der Waals surface area contributed by atoms with Gasteiger partial charge in [0.25, 0.3) is 5.91 Å². The molecular weight excluding hydrogens is 358 g/mol. The molecule has 27 heavy (non-hydrogen) atoms. The number of aromatic nitrogens is 1. The fourth-order valence-electron chi connectivity index (χ4n) is 2.75. The van der Waals surface area contributed by atoms with Crippen molar-refractivity contribution in [2.75, 3.05) is 19.0 Å². The van der Waals surface area contributed by atoms with Crippen LogP contribution in [0.4, 0.5) is 5.13 Å². The van der Waals surface area contributed by atoms with Crippen LogP contribution in [0.3, 0.4) is 0 Å². The first-order valence-electron chi connectivity index (χ1n) is 8.82. The van der Waals surface area contributed by atoms with E-state index in [0.29, 0.717) is 11.4 Å². The van der Waals surface area contributed by atoms with Crippen LogP contribution in [-0.2, 0) is 13.0 Å². The molecule has 2 N–H and O–H groups in total. The summed E-state index contributed by atoms with van der Waals surface area (Å²) in [5.74, 6) is 0.647. The van der Waals surface area contributed by atoms with E-state index in [-0.39, 0.29) is 5.91 Å². The first-order valence-corrected chi connectivity index (χ1v) is 9.64. The highest BCUT2D eigenvalue weighted by atomic mass is 32.1. The number of amides is 1. The van der Waals surface area contributed by atoms with Gasteiger partial charge in [0, 0.05) is 18.7 Å². The van der Waals surface area contributed by atoms with Gasteiger partial charge in [-0.15, -0.1) is 0 Å². The lowest BCUT2D eigenvalue weighted by Gasteiger charge is -2.09. The van der Waals surface area contributed by atoms with Crippen LogP contribution in [-0.4, -0.2) is 24.5 Å². The predicted octanol–water partition coefficient (Wildman–Crippen LogP) is 4.04. The van der Waals surface area contributed by atoms with Crippen molar-refractivity contribution in [1.82, 2.24) is 10.3 Å². The fraction of sp³-hybridized carbons (Fsp3) is 0.238. The van der Waals surface area contributed by atoms with Gasteiger partial charge in [-0.05, 0) is 25.0 Å². The molecule has 0 saturated carbocycles. The number of para-hydroxylation sites is 1. The maximum Gasteiger partial charge on any atom is 0.263 e. The molecule has 5 nitrogen and oxygen atoms in total. The number of aryl methyl sites for hydroxylation is 1. The van der Waals surface area contributed by atoms with Crippen molar-refractivity contribution in [2.24, 2.45) is 0 Å². The lowest BCUT2D eigenvalue weighted by molar-refractivity contribution is 0.0954. The molecule has 0 aliphatic rings. The van der Waals surface area contributed by atoms with E-state index in [9.17, 15) is 4.79 Å². The predicted molar refractivity (Wildman–Crippen MR) is 110 cm³/mol. The number of hydrogen-bond donors (Lipinski definition) is 2. The second-order valence-electron chi connectivity index (χ2n) is 6.09. The van der Waals surface area contributed by atoms with E-state index in [1.54, 1.807) is 7.11 Å². The number of thiazole rings is 1. The first-order chi connectivity index (χ1) is 13.2. The number of hydrogen-bond acceptors (Lipinski definition) is 5. The third-order valence-corrected chi connectivity index (χ3v) is 5.28. The van der Waals surface area contributed by atoms with Crippen LogP contribution >= 0.6 is 11.3 Å². The molecule has 0 aliphatic heterocycles. The Labute approximate surface area is 163 Å². The summed E-state index contributed by atoms with van der Waals surface area (Å²) in [5, 5.41) is 7.03. The molecule has 1 aromatic heterocycles. The van der Waals surface area contributed by atoms with Gasteiger partial charge >= 0.3 is 0 Å². The number of carbonyl (C=O) groups excluding carboxylic acids is 1. The number of nitrogens with zero attached hydrogens (tertiary/aromatic N) is 1. The summed E-state index contributed by atoms with van der Waals surface area (Å²) in [5.41, 5.74) is 2.95. The Morgan fingerprint density at radius 1 is 1.11 bits per heavy atom. The lowest BCUT2D eigenvalue weighted by atomic mass is 10.2. The highest BCUT2D eigenvalue weighted by Gasteiger charge is 2.15. The van der Waals surface area contributed by atoms with E-state index in [1.807, 2.05) is 49.4 Å². The van der Waals surface area contributed by atoms with Crippen molar-refractivity contribution in [3.8, 4) is 5.75 Å². The van der Waals surface area contributed by atoms with Crippen molar-refractivity contribution in [3.63, 3.8) is 0 Å². The molecule has 2 aromatic carbocycles. The average Bonchev–Trinajstić information content (AvgIpc) is 3.07. The summed E-state index contributed by atoms with van der Waals surface area (Å²) in [6, 6.07) is 17.9. The molecule has 0 fully saturated rings. The molecule has 0 atom stereocenters. The molecule has 0 spiro atoms. The van der Waals surface area contributed by atoms with Gasteiger partial charge in [0.1, 0.15) is 10.6 Å². The molecule has 140 valence electrons. The standard InChI is InChI=1S/C21H23N3O2S/c1-15-19(20(25)23-14-17-10-6-7-11-18(17)26-2)27-21(24-15)22-13-12-16-8-4-3-5-9-16/h3-11H,12-14H2,1-2H3,(H,22,24)(H,23,25). The summed E-state index contributed by atoms with van der Waals surface area (Å²) in [6.45, 7) is 3.05. The molecule has 0 radical (unpaired) electrons. The normalized spacial score (nSPS) is 10.4. The number of anilines is 1. The van der Waals surface area contributed by atoms with Crippen LogP contribution in [0.1, 0.15) is 26.5 Å². The molecule has 1 amide bonds. The fourth-order valence-corrected chi connectivity index (χ4v) is 3.65. The Bertz CT molecular complexity index is 893. The zero-order valence-corrected chi connectivity index (χ0v) is 16.3. The van der Waals surface area contributed by atoms with Gasteiger partial charge in [0.2, 0.25) is 0 Å². The zero-order valence-electron chi connectivity index (χ0n) is 15.5. The average molecular weight is 382 g/mol. The monoisotopic (exact) mass is 381 g/mol. The zero-order chi connectivity index (χ0) is 19.1. The summed E-state index contributed by atoms with van der Waals surface area (Å²) >= 11 is 1.38. The lowest BCUT2D eigenvalue weighted by Crippen LogP contribution is -2.22. The molecule has 0 unspecified atom stereocenters. The number of benzene rings is 2. The van der Waals surface area contributed by atoms with Crippen molar-refractivity contribution < 1.29 is 9.53 Å². The van der Waals surface area contributed by atoms with Crippen molar-refractivity contribution >= 4 is 22.4 Å². The van der Waals surface area contributed by atoms with Crippen LogP contribution in [0.5, 0.6) is 5.75 Å². The van der Waals surface area contributed by atoms with Crippen LogP contribution < -0.4 is 15.4 Å². The van der Waals surface area contributed by atoms with Crippen molar-refractivity contribution in [3.05, 3.63) is 76.3 Å². The Kier molecular flexibility index (Phi) is 6.44. The van der Waals surface area contributed by atoms with Gasteiger partial charge in [0.05, 0.1) is 12.8 Å². The van der Waals surface area contributed by atoms with Crippen LogP contribution in [0.25, 0.3) is 0 Å². The Morgan fingerprint density at radius 3 is 2.63 bits per heavy atom. The van der Waals surface area contributed by atoms with Gasteiger partial charge in [0.15, 0.2) is 5.13 Å². The largest absolute Gasteiger partial charge is 0.496 e. The highest BCUT2D eigenvalue weighted by molar-refractivity contribution is 7.17. The van der Waals surface area contributed by atoms with E-state index < -0.39 is 0 Å². The Morgan fingerprint density at radius 2 is 1.85 bits per heavy atom. The minimum atomic E-state index is -0.119. The van der Waals surface area contributed by atoms with Gasteiger partial charge in [-0.25, -0.2) is 4.98 Å². The third-order valence-electron chi connectivity index (χ3n) is 4.17. The molecule has 1 heterocycles. The molecule has 0 aliphatic carbocycles. The Balaban J connectivity index is 1.56. The third kappa shape index (κ3) is 5.08. The van der Waals surface area contributed by atoms with E-state index in [0.717, 1.165) is 35.1 Å². The van der Waals surface area contributed by atoms with Crippen molar-refractivity contribution in [2.45, 2.75) is 19.9 Å². The maximum atomic E-state index is 12.5. The van der Waals surface area contributed by atoms with Gasteiger partial charge in [-0.3, -0.25) is 4.79 Å². The SMILES string of the molecule is COc1ccccc1CNC(=O)c1sc(NCCc2ccccc2)nc1C. The smallest absolute Gasteiger partial charge is 0.263 e. The molecule has 6 heteroatoms. The summed E-state index contributed by atoms with van der Waals surface area (Å²) in [7, 11) is 1.63. The molecule has 0 bridgehead atoms. The molecular formula is C21H23N3O2S. The second-order valence-corrected chi connectivity index (χ2v) is 7.09. The number of carbonyl (C=O) groups is 1. The minimum absolute atomic E-state index is 0.119. The summed E-state index contributed by atoms with van der Waals surface area (Å²) in [4.78, 5) is 17.6. The van der Waals surface area contributed by atoms with Gasteiger partial charge in [-0.2, -0.15) is 0 Å². The summed E-state index contributed by atoms with van der Waals surface area (Å²) in [6.07, 6.45) is 0.912. The van der Waals surface area contributed by atoms with Gasteiger partial charge < -0.3 is 15.4 Å². The number of rotatable bonds is 8. The number of nitrogens with one attached hydrogen (secondary N) is 2. The first kappa shape index (κ1) is 18.9. The van der Waals surface area contributed by atoms with E-state index >= 15 is 0 Å². The van der Waals surface area contributed by atoms with Gasteiger partial charge in [-0.1, -0.05) is 59.9 Å². The van der Waals surface area contributed by atoms with E-state index in [4.69, 9.17) is 4.74 Å².